The maximum atomic E-state index is 13.2. The van der Waals surface area contributed by atoms with Crippen molar-refractivity contribution in [3.63, 3.8) is 0 Å². The number of para-hydroxylation sites is 1. The van der Waals surface area contributed by atoms with Crippen molar-refractivity contribution in [2.75, 3.05) is 31.6 Å². The van der Waals surface area contributed by atoms with Gasteiger partial charge in [0.25, 0.3) is 5.91 Å². The van der Waals surface area contributed by atoms with Gasteiger partial charge in [-0.05, 0) is 44.2 Å². The van der Waals surface area contributed by atoms with Crippen LogP contribution in [0.3, 0.4) is 0 Å². The minimum atomic E-state index is -0.155. The third-order valence-electron chi connectivity index (χ3n) is 6.45. The number of carbonyl (C=O) groups is 2. The molecule has 1 aliphatic rings. The van der Waals surface area contributed by atoms with E-state index in [9.17, 15) is 9.59 Å². The van der Waals surface area contributed by atoms with Crippen LogP contribution in [0, 0.1) is 19.8 Å². The van der Waals surface area contributed by atoms with Gasteiger partial charge in [0.1, 0.15) is 12.5 Å². The molecule has 0 saturated carbocycles. The number of benzene rings is 2. The molecule has 1 saturated heterocycles. The fourth-order valence-corrected chi connectivity index (χ4v) is 4.76. The van der Waals surface area contributed by atoms with Gasteiger partial charge in [0.15, 0.2) is 6.54 Å². The van der Waals surface area contributed by atoms with Gasteiger partial charge in [0, 0.05) is 11.3 Å². The van der Waals surface area contributed by atoms with Crippen molar-refractivity contribution in [3.05, 3.63) is 65.2 Å². The highest BCUT2D eigenvalue weighted by molar-refractivity contribution is 5.93. The van der Waals surface area contributed by atoms with E-state index in [2.05, 4.69) is 24.4 Å². The Morgan fingerprint density at radius 2 is 1.78 bits per heavy atom. The van der Waals surface area contributed by atoms with E-state index in [1.807, 2.05) is 50.2 Å². The van der Waals surface area contributed by atoms with Crippen molar-refractivity contribution in [1.82, 2.24) is 0 Å². The van der Waals surface area contributed by atoms with E-state index >= 15 is 0 Å². The summed E-state index contributed by atoms with van der Waals surface area (Å²) < 4.78 is 6.13. The molecule has 172 valence electrons. The smallest absolute Gasteiger partial charge is 0.314 e. The Hall–Kier alpha value is -2.66. The minimum Gasteiger partial charge on any atom is -0.465 e. The van der Waals surface area contributed by atoms with E-state index in [1.54, 1.807) is 0 Å². The van der Waals surface area contributed by atoms with Gasteiger partial charge >= 0.3 is 5.97 Å². The third kappa shape index (κ3) is 6.42. The topological polar surface area (TPSA) is 55.4 Å². The van der Waals surface area contributed by atoms with Crippen LogP contribution in [-0.4, -0.2) is 42.6 Å². The highest BCUT2D eigenvalue weighted by Crippen LogP contribution is 2.28. The van der Waals surface area contributed by atoms with E-state index in [4.69, 9.17) is 4.74 Å². The van der Waals surface area contributed by atoms with Crippen LogP contribution in [0.15, 0.2) is 48.5 Å². The van der Waals surface area contributed by atoms with Crippen LogP contribution >= 0.6 is 0 Å². The zero-order valence-electron chi connectivity index (χ0n) is 19.7. The molecule has 3 rings (SSSR count). The highest BCUT2D eigenvalue weighted by Gasteiger charge is 2.40. The Morgan fingerprint density at radius 1 is 1.06 bits per heavy atom. The van der Waals surface area contributed by atoms with Gasteiger partial charge in [-0.25, -0.2) is 0 Å². The molecule has 1 fully saturated rings. The van der Waals surface area contributed by atoms with Crippen molar-refractivity contribution in [2.45, 2.75) is 53.0 Å². The molecule has 5 nitrogen and oxygen atoms in total. The molecule has 0 aliphatic carbocycles. The Morgan fingerprint density at radius 3 is 2.47 bits per heavy atom. The third-order valence-corrected chi connectivity index (χ3v) is 6.45. The molecule has 2 aromatic rings. The number of amides is 1. The number of carbonyl (C=O) groups excluding carboxylic acids is 2. The summed E-state index contributed by atoms with van der Waals surface area (Å²) in [7, 11) is 0. The fourth-order valence-electron chi connectivity index (χ4n) is 4.76. The Kier molecular flexibility index (Phi) is 8.46. The Labute approximate surface area is 192 Å². The van der Waals surface area contributed by atoms with Crippen molar-refractivity contribution in [1.29, 1.82) is 0 Å². The molecule has 2 aromatic carbocycles. The normalized spacial score (nSPS) is 20.5. The number of unbranched alkanes of at least 4 members (excludes halogenated alkanes) is 1. The molecule has 2 atom stereocenters. The number of nitrogens with one attached hydrogen (secondary N) is 1. The van der Waals surface area contributed by atoms with Crippen LogP contribution in [0.4, 0.5) is 5.69 Å². The molecule has 1 N–H and O–H groups in total. The van der Waals surface area contributed by atoms with Crippen LogP contribution in [0.5, 0.6) is 0 Å². The number of hydrogen-bond donors (Lipinski definition) is 1. The van der Waals surface area contributed by atoms with E-state index in [0.717, 1.165) is 55.6 Å². The van der Waals surface area contributed by atoms with Crippen LogP contribution in [0.2, 0.25) is 0 Å². The number of rotatable bonds is 9. The van der Waals surface area contributed by atoms with E-state index in [-0.39, 0.29) is 17.8 Å². The molecule has 5 heteroatoms. The zero-order valence-corrected chi connectivity index (χ0v) is 19.7. The fraction of sp³-hybridized carbons (Fsp3) is 0.481. The van der Waals surface area contributed by atoms with Crippen LogP contribution in [0.1, 0.15) is 49.3 Å². The Balaban J connectivity index is 1.78. The molecule has 0 spiro atoms. The summed E-state index contributed by atoms with van der Waals surface area (Å²) in [6.45, 7) is 9.21. The second kappa shape index (κ2) is 11.3. The molecule has 0 aromatic heterocycles. The summed E-state index contributed by atoms with van der Waals surface area (Å²) in [5.41, 5.74) is 4.20. The van der Waals surface area contributed by atoms with Crippen molar-refractivity contribution < 1.29 is 18.8 Å². The van der Waals surface area contributed by atoms with Gasteiger partial charge in [-0.2, -0.15) is 0 Å². The van der Waals surface area contributed by atoms with Gasteiger partial charge in [0.05, 0.1) is 19.7 Å². The van der Waals surface area contributed by atoms with Crippen molar-refractivity contribution >= 4 is 17.6 Å². The average Bonchev–Trinajstić information content (AvgIpc) is 2.77. The molecule has 1 amide bonds. The van der Waals surface area contributed by atoms with Crippen molar-refractivity contribution in [3.8, 4) is 0 Å². The minimum absolute atomic E-state index is 0.00154. The molecule has 0 bridgehead atoms. The van der Waals surface area contributed by atoms with Crippen LogP contribution in [0.25, 0.3) is 0 Å². The maximum Gasteiger partial charge on any atom is 0.314 e. The number of anilines is 1. The number of nitrogens with zero attached hydrogens (tertiary/aromatic N) is 1. The first-order valence-electron chi connectivity index (χ1n) is 11.8. The zero-order chi connectivity index (χ0) is 23.0. The summed E-state index contributed by atoms with van der Waals surface area (Å²) in [6.07, 6.45) is 3.64. The first-order valence-corrected chi connectivity index (χ1v) is 11.8. The second-order valence-electron chi connectivity index (χ2n) is 9.22. The van der Waals surface area contributed by atoms with Gasteiger partial charge < -0.3 is 14.5 Å². The number of hydrogen-bond acceptors (Lipinski definition) is 3. The molecule has 1 heterocycles. The monoisotopic (exact) mass is 437 g/mol. The average molecular weight is 438 g/mol. The first kappa shape index (κ1) is 24.0. The van der Waals surface area contributed by atoms with Gasteiger partial charge in [-0.1, -0.05) is 61.9 Å². The van der Waals surface area contributed by atoms with Crippen LogP contribution < -0.4 is 5.32 Å². The quantitative estimate of drug-likeness (QED) is 0.341. The largest absolute Gasteiger partial charge is 0.465 e. The summed E-state index contributed by atoms with van der Waals surface area (Å²) >= 11 is 0. The predicted octanol–water partition coefficient (Wildman–Crippen LogP) is 5.01. The SMILES string of the molecule is CCCCOC(=O)C1CCC[N+](CC(=O)Nc2c(C)cccc2C)(Cc2ccccc2)C1. The Bertz CT molecular complexity index is 892. The van der Waals surface area contributed by atoms with Gasteiger partial charge in [-0.3, -0.25) is 9.59 Å². The lowest BCUT2D eigenvalue weighted by atomic mass is 9.94. The molecule has 2 unspecified atom stereocenters. The molecule has 0 radical (unpaired) electrons. The second-order valence-corrected chi connectivity index (χ2v) is 9.22. The van der Waals surface area contributed by atoms with Crippen LogP contribution in [-0.2, 0) is 20.9 Å². The lowest BCUT2D eigenvalue weighted by Crippen LogP contribution is -2.58. The standard InChI is InChI=1S/C27H36N2O3/c1-4-5-17-32-27(31)24-15-10-16-29(19-24,18-23-13-7-6-8-14-23)20-25(30)28-26-21(2)11-9-12-22(26)3/h6-9,11-14,24H,4-5,10,15-20H2,1-3H3/p+1. The van der Waals surface area contributed by atoms with Gasteiger partial charge in [0.2, 0.25) is 0 Å². The summed E-state index contributed by atoms with van der Waals surface area (Å²) in [4.78, 5) is 26.0. The summed E-state index contributed by atoms with van der Waals surface area (Å²) in [5.74, 6) is -0.264. The predicted molar refractivity (Wildman–Crippen MR) is 128 cm³/mol. The lowest BCUT2D eigenvalue weighted by molar-refractivity contribution is -0.940. The first-order chi connectivity index (χ1) is 15.4. The summed E-state index contributed by atoms with van der Waals surface area (Å²) in [5, 5.41) is 3.15. The number of likely N-dealkylation sites (tertiary alicyclic amines) is 1. The van der Waals surface area contributed by atoms with Crippen molar-refractivity contribution in [2.24, 2.45) is 5.92 Å². The van der Waals surface area contributed by atoms with E-state index in [1.165, 1.54) is 5.56 Å². The highest BCUT2D eigenvalue weighted by atomic mass is 16.5. The molecule has 1 aliphatic heterocycles. The molecular weight excluding hydrogens is 400 g/mol. The number of quaternary nitrogens is 1. The lowest BCUT2D eigenvalue weighted by Gasteiger charge is -2.43. The van der Waals surface area contributed by atoms with E-state index < -0.39 is 0 Å². The van der Waals surface area contributed by atoms with Gasteiger partial charge in [-0.15, -0.1) is 0 Å². The number of esters is 1. The molecular formula is C27H37N2O3+. The number of aryl methyl sites for hydroxylation is 2. The number of piperidine rings is 1. The number of ether oxygens (including phenoxy) is 1. The van der Waals surface area contributed by atoms with E-state index in [0.29, 0.717) is 24.2 Å². The maximum absolute atomic E-state index is 13.2. The summed E-state index contributed by atoms with van der Waals surface area (Å²) in [6, 6.07) is 16.3. The molecule has 32 heavy (non-hydrogen) atoms.